The predicted octanol–water partition coefficient (Wildman–Crippen LogP) is 3.29. The summed E-state index contributed by atoms with van der Waals surface area (Å²) in [5, 5.41) is 11.2. The second kappa shape index (κ2) is 9.27. The van der Waals surface area contributed by atoms with Crippen LogP contribution in [-0.2, 0) is 24.2 Å². The fourth-order valence-electron chi connectivity index (χ4n) is 3.19. The van der Waals surface area contributed by atoms with E-state index in [1.807, 2.05) is 4.57 Å². The third-order valence-electron chi connectivity index (χ3n) is 4.79. The van der Waals surface area contributed by atoms with Gasteiger partial charge in [-0.05, 0) is 24.3 Å². The summed E-state index contributed by atoms with van der Waals surface area (Å²) in [5.74, 6) is 1.28. The van der Waals surface area contributed by atoms with Gasteiger partial charge in [0.05, 0.1) is 43.8 Å². The van der Waals surface area contributed by atoms with Crippen LogP contribution >= 0.6 is 11.6 Å². The maximum atomic E-state index is 13.5. The number of pyridine rings is 1. The van der Waals surface area contributed by atoms with Crippen molar-refractivity contribution in [2.24, 2.45) is 0 Å². The van der Waals surface area contributed by atoms with Crippen molar-refractivity contribution >= 4 is 29.0 Å². The summed E-state index contributed by atoms with van der Waals surface area (Å²) in [6.07, 6.45) is 2.18. The Morgan fingerprint density at radius 1 is 1.32 bits per heavy atom. The summed E-state index contributed by atoms with van der Waals surface area (Å²) < 4.78 is 26.0. The molecule has 1 N–H and O–H groups in total. The number of aromatic nitrogens is 4. The number of rotatable bonds is 5. The highest BCUT2D eigenvalue weighted by molar-refractivity contribution is 6.31. The average Bonchev–Trinajstić information content (AvgIpc) is 3.00. The lowest BCUT2D eigenvalue weighted by molar-refractivity contribution is 0.139. The van der Waals surface area contributed by atoms with Gasteiger partial charge in [0.1, 0.15) is 11.6 Å². The van der Waals surface area contributed by atoms with Crippen LogP contribution in [-0.4, -0.2) is 46.1 Å². The summed E-state index contributed by atoms with van der Waals surface area (Å²) in [6, 6.07) is 6.88. The van der Waals surface area contributed by atoms with Crippen LogP contribution in [0.25, 0.3) is 0 Å². The number of anilines is 2. The fraction of sp³-hybridized carbons (Fsp3) is 0.300. The largest absolute Gasteiger partial charge is 0.481 e. The van der Waals surface area contributed by atoms with Gasteiger partial charge < -0.3 is 19.4 Å². The van der Waals surface area contributed by atoms with E-state index in [9.17, 15) is 9.18 Å². The van der Waals surface area contributed by atoms with Crippen molar-refractivity contribution in [1.82, 2.24) is 19.7 Å². The Kier molecular flexibility index (Phi) is 6.28. The summed E-state index contributed by atoms with van der Waals surface area (Å²) in [6.45, 7) is 1.86. The number of hydrogen-bond donors (Lipinski definition) is 1. The minimum Gasteiger partial charge on any atom is -0.481 e. The molecule has 11 heteroatoms. The standard InChI is InChI=1S/C20H20ClFN6O3/c1-30-19-5-3-14(11-23-19)28(20(29)24-13-2-4-16(22)15(21)10-13)12-18-26-25-17-6-8-31-9-7-27(17)18/h2-5,10-11H,6-9,12H2,1H3,(H,24,29). The Hall–Kier alpha value is -3.24. The number of nitrogens with zero attached hydrogens (tertiary/aromatic N) is 5. The molecule has 0 fully saturated rings. The third kappa shape index (κ3) is 4.75. The van der Waals surface area contributed by atoms with Gasteiger partial charge in [-0.1, -0.05) is 11.6 Å². The number of carbonyl (C=O) groups excluding carboxylic acids is 1. The zero-order valence-corrected chi connectivity index (χ0v) is 17.5. The Morgan fingerprint density at radius 3 is 2.94 bits per heavy atom. The van der Waals surface area contributed by atoms with Crippen LogP contribution in [0.3, 0.4) is 0 Å². The summed E-state index contributed by atoms with van der Waals surface area (Å²) >= 11 is 5.84. The van der Waals surface area contributed by atoms with E-state index < -0.39 is 11.8 Å². The van der Waals surface area contributed by atoms with E-state index >= 15 is 0 Å². The lowest BCUT2D eigenvalue weighted by atomic mass is 10.3. The summed E-state index contributed by atoms with van der Waals surface area (Å²) in [5.41, 5.74) is 0.880. The number of urea groups is 1. The maximum absolute atomic E-state index is 13.5. The molecule has 0 unspecified atom stereocenters. The molecule has 2 amide bonds. The minimum absolute atomic E-state index is 0.0850. The molecule has 0 radical (unpaired) electrons. The zero-order chi connectivity index (χ0) is 21.8. The Morgan fingerprint density at radius 2 is 2.19 bits per heavy atom. The average molecular weight is 447 g/mol. The summed E-state index contributed by atoms with van der Waals surface area (Å²) in [7, 11) is 1.51. The van der Waals surface area contributed by atoms with Crippen LogP contribution in [0, 0.1) is 5.82 Å². The van der Waals surface area contributed by atoms with Crippen molar-refractivity contribution < 1.29 is 18.7 Å². The SMILES string of the molecule is COc1ccc(N(Cc2nnc3n2CCOCC3)C(=O)Nc2ccc(F)c(Cl)c2)cn1. The molecule has 0 aliphatic carbocycles. The van der Waals surface area contributed by atoms with E-state index in [1.54, 1.807) is 12.1 Å². The van der Waals surface area contributed by atoms with Crippen molar-refractivity contribution in [1.29, 1.82) is 0 Å². The normalized spacial score (nSPS) is 13.3. The molecule has 0 bridgehead atoms. The number of halogens is 2. The molecular weight excluding hydrogens is 427 g/mol. The number of nitrogens with one attached hydrogen (secondary N) is 1. The molecule has 0 spiro atoms. The molecular formula is C20H20ClFN6O3. The lowest BCUT2D eigenvalue weighted by Crippen LogP contribution is -2.35. The Labute approximate surface area is 182 Å². The van der Waals surface area contributed by atoms with Crippen molar-refractivity contribution in [3.8, 4) is 5.88 Å². The molecule has 0 atom stereocenters. The maximum Gasteiger partial charge on any atom is 0.326 e. The second-order valence-electron chi connectivity index (χ2n) is 6.75. The van der Waals surface area contributed by atoms with Crippen molar-refractivity contribution in [3.63, 3.8) is 0 Å². The molecule has 2 aromatic heterocycles. The highest BCUT2D eigenvalue weighted by Crippen LogP contribution is 2.23. The molecule has 3 aromatic rings. The second-order valence-corrected chi connectivity index (χ2v) is 7.16. The van der Waals surface area contributed by atoms with Gasteiger partial charge in [0.2, 0.25) is 5.88 Å². The van der Waals surface area contributed by atoms with Crippen LogP contribution in [0.2, 0.25) is 5.02 Å². The molecule has 162 valence electrons. The van der Waals surface area contributed by atoms with E-state index in [4.69, 9.17) is 21.1 Å². The van der Waals surface area contributed by atoms with Crippen molar-refractivity contribution in [3.05, 3.63) is 59.0 Å². The molecule has 31 heavy (non-hydrogen) atoms. The van der Waals surface area contributed by atoms with Crippen LogP contribution in [0.15, 0.2) is 36.5 Å². The highest BCUT2D eigenvalue weighted by atomic mass is 35.5. The number of hydrogen-bond acceptors (Lipinski definition) is 6. The van der Waals surface area contributed by atoms with Gasteiger partial charge in [-0.15, -0.1) is 10.2 Å². The van der Waals surface area contributed by atoms with Crippen LogP contribution in [0.5, 0.6) is 5.88 Å². The van der Waals surface area contributed by atoms with Gasteiger partial charge in [-0.2, -0.15) is 0 Å². The zero-order valence-electron chi connectivity index (χ0n) is 16.7. The van der Waals surface area contributed by atoms with E-state index in [2.05, 4.69) is 20.5 Å². The smallest absolute Gasteiger partial charge is 0.326 e. The van der Waals surface area contributed by atoms with Gasteiger partial charge >= 0.3 is 6.03 Å². The van der Waals surface area contributed by atoms with Gasteiger partial charge in [0.15, 0.2) is 5.82 Å². The van der Waals surface area contributed by atoms with E-state index in [1.165, 1.54) is 36.4 Å². The Balaban J connectivity index is 1.63. The van der Waals surface area contributed by atoms with E-state index in [0.717, 1.165) is 5.82 Å². The molecule has 4 rings (SSSR count). The first-order chi connectivity index (χ1) is 15.0. The molecule has 1 aromatic carbocycles. The Bertz CT molecular complexity index is 1080. The highest BCUT2D eigenvalue weighted by Gasteiger charge is 2.23. The molecule has 0 saturated heterocycles. The topological polar surface area (TPSA) is 94.4 Å². The van der Waals surface area contributed by atoms with Gasteiger partial charge in [-0.3, -0.25) is 4.90 Å². The van der Waals surface area contributed by atoms with Gasteiger partial charge in [0.25, 0.3) is 0 Å². The predicted molar refractivity (Wildman–Crippen MR) is 112 cm³/mol. The van der Waals surface area contributed by atoms with E-state index in [0.29, 0.717) is 49.3 Å². The quantitative estimate of drug-likeness (QED) is 0.646. The van der Waals surface area contributed by atoms with Crippen LogP contribution in [0.1, 0.15) is 11.6 Å². The van der Waals surface area contributed by atoms with Crippen molar-refractivity contribution in [2.75, 3.05) is 30.5 Å². The van der Waals surface area contributed by atoms with Gasteiger partial charge in [-0.25, -0.2) is 14.2 Å². The fourth-order valence-corrected chi connectivity index (χ4v) is 3.37. The summed E-state index contributed by atoms with van der Waals surface area (Å²) in [4.78, 5) is 18.8. The number of methoxy groups -OCH3 is 1. The molecule has 9 nitrogen and oxygen atoms in total. The van der Waals surface area contributed by atoms with Crippen LogP contribution in [0.4, 0.5) is 20.6 Å². The van der Waals surface area contributed by atoms with E-state index in [-0.39, 0.29) is 11.6 Å². The first kappa shape index (κ1) is 21.0. The molecule has 3 heterocycles. The first-order valence-corrected chi connectivity index (χ1v) is 9.95. The lowest BCUT2D eigenvalue weighted by Gasteiger charge is -2.23. The number of ether oxygens (including phenoxy) is 2. The molecule has 1 aliphatic heterocycles. The third-order valence-corrected chi connectivity index (χ3v) is 5.08. The number of amides is 2. The molecule has 0 saturated carbocycles. The monoisotopic (exact) mass is 446 g/mol. The van der Waals surface area contributed by atoms with Gasteiger partial charge in [0, 0.05) is 24.7 Å². The van der Waals surface area contributed by atoms with Crippen LogP contribution < -0.4 is 15.0 Å². The molecule has 1 aliphatic rings. The first-order valence-electron chi connectivity index (χ1n) is 9.57. The number of benzene rings is 1. The van der Waals surface area contributed by atoms with Crippen molar-refractivity contribution in [2.45, 2.75) is 19.5 Å². The number of carbonyl (C=O) groups is 1. The minimum atomic E-state index is -0.566. The number of fused-ring (bicyclic) bond motifs is 1.